The van der Waals surface area contributed by atoms with Crippen LogP contribution in [-0.4, -0.2) is 40.4 Å². The van der Waals surface area contributed by atoms with Gasteiger partial charge in [0.1, 0.15) is 18.4 Å². The van der Waals surface area contributed by atoms with Crippen molar-refractivity contribution in [3.05, 3.63) is 34.5 Å². The Balaban J connectivity index is 1.92. The van der Waals surface area contributed by atoms with E-state index >= 15 is 0 Å². The van der Waals surface area contributed by atoms with Gasteiger partial charge in [-0.25, -0.2) is 4.39 Å². The number of halogens is 1. The van der Waals surface area contributed by atoms with Crippen molar-refractivity contribution in [3.63, 3.8) is 0 Å². The number of hydrogen-bond acceptors (Lipinski definition) is 3. The minimum absolute atomic E-state index is 0.125. The van der Waals surface area contributed by atoms with Crippen molar-refractivity contribution in [2.24, 2.45) is 0 Å². The van der Waals surface area contributed by atoms with Crippen LogP contribution in [0.25, 0.3) is 0 Å². The average Bonchev–Trinajstić information content (AvgIpc) is 2.51. The van der Waals surface area contributed by atoms with Crippen LogP contribution in [-0.2, 0) is 16.1 Å². The van der Waals surface area contributed by atoms with Crippen molar-refractivity contribution in [1.82, 2.24) is 14.8 Å². The number of hydrogen-bond donors (Lipinski definition) is 1. The molecule has 1 saturated heterocycles. The van der Waals surface area contributed by atoms with E-state index in [0.29, 0.717) is 13.1 Å². The van der Waals surface area contributed by atoms with Crippen molar-refractivity contribution >= 4 is 11.8 Å². The molecule has 0 aliphatic carbocycles. The number of amides is 2. The summed E-state index contributed by atoms with van der Waals surface area (Å²) in [6.45, 7) is 2.72. The maximum atomic E-state index is 13.1. The van der Waals surface area contributed by atoms with E-state index < -0.39 is 23.3 Å². The highest BCUT2D eigenvalue weighted by molar-refractivity contribution is 5.87. The average molecular weight is 309 g/mol. The van der Waals surface area contributed by atoms with Crippen LogP contribution < -0.4 is 10.9 Å². The first-order valence-corrected chi connectivity index (χ1v) is 7.41. The molecule has 0 bridgehead atoms. The Kier molecular flexibility index (Phi) is 5.30. The van der Waals surface area contributed by atoms with Crippen LogP contribution in [0, 0.1) is 5.82 Å². The lowest BCUT2D eigenvalue weighted by molar-refractivity contribution is -0.136. The normalized spacial score (nSPS) is 16.2. The number of nitrogens with one attached hydrogen (secondary N) is 1. The Morgan fingerprint density at radius 1 is 1.27 bits per heavy atom. The Morgan fingerprint density at radius 3 is 2.64 bits per heavy atom. The zero-order chi connectivity index (χ0) is 16.1. The summed E-state index contributed by atoms with van der Waals surface area (Å²) in [5.41, 5.74) is -0.466. The molecule has 1 unspecified atom stereocenters. The van der Waals surface area contributed by atoms with Gasteiger partial charge in [0.2, 0.25) is 11.8 Å². The van der Waals surface area contributed by atoms with Gasteiger partial charge in [0.15, 0.2) is 0 Å². The van der Waals surface area contributed by atoms with E-state index in [1.807, 2.05) is 0 Å². The van der Waals surface area contributed by atoms with Crippen LogP contribution in [0.2, 0.25) is 0 Å². The van der Waals surface area contributed by atoms with Gasteiger partial charge < -0.3 is 14.8 Å². The van der Waals surface area contributed by atoms with Gasteiger partial charge in [-0.3, -0.25) is 14.4 Å². The second-order valence-corrected chi connectivity index (χ2v) is 5.49. The molecule has 0 radical (unpaired) electrons. The maximum absolute atomic E-state index is 13.1. The molecule has 1 aromatic heterocycles. The van der Waals surface area contributed by atoms with E-state index in [-0.39, 0.29) is 12.5 Å². The summed E-state index contributed by atoms with van der Waals surface area (Å²) in [4.78, 5) is 37.4. The van der Waals surface area contributed by atoms with Crippen LogP contribution in [0.15, 0.2) is 23.1 Å². The fourth-order valence-electron chi connectivity index (χ4n) is 2.52. The molecule has 2 amide bonds. The molecule has 2 heterocycles. The fourth-order valence-corrected chi connectivity index (χ4v) is 2.52. The van der Waals surface area contributed by atoms with E-state index in [0.717, 1.165) is 42.2 Å². The van der Waals surface area contributed by atoms with E-state index in [1.165, 1.54) is 0 Å². The Morgan fingerprint density at radius 2 is 1.95 bits per heavy atom. The molecule has 2 rings (SSSR count). The molecule has 0 saturated carbocycles. The third-order valence-corrected chi connectivity index (χ3v) is 3.68. The lowest BCUT2D eigenvalue weighted by Crippen LogP contribution is -2.49. The van der Waals surface area contributed by atoms with Crippen LogP contribution in [0.3, 0.4) is 0 Å². The monoisotopic (exact) mass is 309 g/mol. The second-order valence-electron chi connectivity index (χ2n) is 5.49. The van der Waals surface area contributed by atoms with Crippen LogP contribution >= 0.6 is 0 Å². The zero-order valence-corrected chi connectivity index (χ0v) is 12.5. The summed E-state index contributed by atoms with van der Waals surface area (Å²) in [5, 5.41) is 2.56. The molecular formula is C15H20FN3O3. The summed E-state index contributed by atoms with van der Waals surface area (Å²) < 4.78 is 14.1. The third-order valence-electron chi connectivity index (χ3n) is 3.68. The molecule has 1 aliphatic heterocycles. The molecule has 6 nitrogen and oxygen atoms in total. The number of carbonyl (C=O) groups excluding carboxylic acids is 2. The first-order chi connectivity index (χ1) is 10.5. The number of carbonyl (C=O) groups is 2. The Hall–Kier alpha value is -2.18. The summed E-state index contributed by atoms with van der Waals surface area (Å²) >= 11 is 0. The minimum atomic E-state index is -0.658. The van der Waals surface area contributed by atoms with Crippen molar-refractivity contribution in [2.45, 2.75) is 38.8 Å². The molecule has 0 spiro atoms. The van der Waals surface area contributed by atoms with Crippen molar-refractivity contribution in [1.29, 1.82) is 0 Å². The zero-order valence-electron chi connectivity index (χ0n) is 12.5. The highest BCUT2D eigenvalue weighted by Gasteiger charge is 2.23. The number of pyridine rings is 1. The van der Waals surface area contributed by atoms with E-state index in [2.05, 4.69) is 5.32 Å². The lowest BCUT2D eigenvalue weighted by atomic mass is 10.1. The second kappa shape index (κ2) is 7.20. The topological polar surface area (TPSA) is 71.4 Å². The first kappa shape index (κ1) is 16.2. The molecular weight excluding hydrogens is 289 g/mol. The molecule has 0 aromatic carbocycles. The van der Waals surface area contributed by atoms with Crippen molar-refractivity contribution in [2.75, 3.05) is 13.1 Å². The van der Waals surface area contributed by atoms with E-state index in [4.69, 9.17) is 0 Å². The first-order valence-electron chi connectivity index (χ1n) is 7.41. The highest BCUT2D eigenvalue weighted by atomic mass is 19.1. The molecule has 7 heteroatoms. The van der Waals surface area contributed by atoms with Gasteiger partial charge in [0.05, 0.1) is 0 Å². The Labute approximate surface area is 127 Å². The summed E-state index contributed by atoms with van der Waals surface area (Å²) in [6, 6.07) is 1.44. The number of nitrogens with zero attached hydrogens (tertiary/aromatic N) is 2. The van der Waals surface area contributed by atoms with E-state index in [1.54, 1.807) is 11.8 Å². The molecule has 1 atom stereocenters. The van der Waals surface area contributed by atoms with Crippen molar-refractivity contribution < 1.29 is 14.0 Å². The van der Waals surface area contributed by atoms with Gasteiger partial charge in [-0.15, -0.1) is 0 Å². The molecule has 22 heavy (non-hydrogen) atoms. The molecule has 1 fully saturated rings. The largest absolute Gasteiger partial charge is 0.343 e. The van der Waals surface area contributed by atoms with Crippen LogP contribution in [0.5, 0.6) is 0 Å². The van der Waals surface area contributed by atoms with Gasteiger partial charge in [-0.1, -0.05) is 0 Å². The SMILES string of the molecule is CC(NC(=O)Cn1cc(F)ccc1=O)C(=O)N1CCCCC1. The maximum Gasteiger partial charge on any atom is 0.251 e. The number of likely N-dealkylation sites (tertiary alicyclic amines) is 1. The fraction of sp³-hybridized carbons (Fsp3) is 0.533. The molecule has 1 aliphatic rings. The minimum Gasteiger partial charge on any atom is -0.343 e. The highest BCUT2D eigenvalue weighted by Crippen LogP contribution is 2.09. The van der Waals surface area contributed by atoms with Gasteiger partial charge in [0.25, 0.3) is 5.56 Å². The molecule has 1 aromatic rings. The molecule has 120 valence electrons. The lowest BCUT2D eigenvalue weighted by Gasteiger charge is -2.29. The molecule has 1 N–H and O–H groups in total. The predicted molar refractivity (Wildman–Crippen MR) is 78.7 cm³/mol. The summed E-state index contributed by atoms with van der Waals surface area (Å²) in [5.74, 6) is -1.21. The van der Waals surface area contributed by atoms with Crippen LogP contribution in [0.4, 0.5) is 4.39 Å². The van der Waals surface area contributed by atoms with Gasteiger partial charge in [-0.05, 0) is 32.3 Å². The van der Waals surface area contributed by atoms with Crippen molar-refractivity contribution in [3.8, 4) is 0 Å². The summed E-state index contributed by atoms with van der Waals surface area (Å²) in [7, 11) is 0. The van der Waals surface area contributed by atoms with E-state index in [9.17, 15) is 18.8 Å². The predicted octanol–water partition coefficient (Wildman–Crippen LogP) is 0.505. The Bertz CT molecular complexity index is 608. The van der Waals surface area contributed by atoms with Crippen LogP contribution in [0.1, 0.15) is 26.2 Å². The quantitative estimate of drug-likeness (QED) is 0.880. The summed E-state index contributed by atoms with van der Waals surface area (Å²) in [6.07, 6.45) is 4.04. The van der Waals surface area contributed by atoms with Gasteiger partial charge >= 0.3 is 0 Å². The standard InChI is InChI=1S/C15H20FN3O3/c1-11(15(22)18-7-3-2-4-8-18)17-13(20)10-19-9-12(16)5-6-14(19)21/h5-6,9,11H,2-4,7-8,10H2,1H3,(H,17,20). The smallest absolute Gasteiger partial charge is 0.251 e. The number of piperidine rings is 1. The third kappa shape index (κ3) is 4.16. The number of aromatic nitrogens is 1. The number of rotatable bonds is 4. The van der Waals surface area contributed by atoms with Gasteiger partial charge in [0, 0.05) is 25.4 Å². The van der Waals surface area contributed by atoms with Gasteiger partial charge in [-0.2, -0.15) is 0 Å².